The Bertz CT molecular complexity index is 4020. The molecule has 1 atom stereocenters. The number of hydrogen-bond donors (Lipinski definition) is 17. The van der Waals surface area contributed by atoms with E-state index in [4.69, 9.17) is 34.9 Å². The number of hydroxylamine groups is 13. The summed E-state index contributed by atoms with van der Waals surface area (Å²) in [4.78, 5) is 54.3. The molecule has 0 aliphatic carbocycles. The Balaban J connectivity index is 0.000000325. The van der Waals surface area contributed by atoms with E-state index in [0.29, 0.717) is 51.4 Å². The first-order valence-electron chi connectivity index (χ1n) is 45.0. The number of nitrogens with zero attached hydrogens (tertiary/aromatic N) is 6. The van der Waals surface area contributed by atoms with Crippen LogP contribution >= 0.6 is 0 Å². The van der Waals surface area contributed by atoms with E-state index in [2.05, 4.69) is 214 Å². The van der Waals surface area contributed by atoms with E-state index >= 15 is 0 Å². The molecular formula is C96H170N16O14. The average Bonchev–Trinajstić information content (AvgIpc) is 0.775. The molecule has 6 aliphatic rings. The Hall–Kier alpha value is -5.84. The summed E-state index contributed by atoms with van der Waals surface area (Å²) in [5, 5.41) is 117. The van der Waals surface area contributed by atoms with Crippen molar-refractivity contribution in [2.45, 2.75) is 468 Å². The maximum atomic E-state index is 13.2. The minimum absolute atomic E-state index is 0.0314. The number of rotatable bonds is 23. The van der Waals surface area contributed by atoms with Gasteiger partial charge in [0.1, 0.15) is 13.0 Å². The second kappa shape index (κ2) is 40.3. The highest BCUT2D eigenvalue weighted by Crippen LogP contribution is 2.46. The van der Waals surface area contributed by atoms with Gasteiger partial charge in [-0.15, -0.1) is 0 Å². The number of isocyanates is 2. The van der Waals surface area contributed by atoms with Crippen LogP contribution in [0, 0.1) is 10.8 Å². The van der Waals surface area contributed by atoms with Crippen LogP contribution in [-0.2, 0) is 57.2 Å². The summed E-state index contributed by atoms with van der Waals surface area (Å²) in [6, 6.07) is 25.2. The molecule has 1 unspecified atom stereocenters. The van der Waals surface area contributed by atoms with Crippen LogP contribution in [0.4, 0.5) is 9.59 Å². The summed E-state index contributed by atoms with van der Waals surface area (Å²) in [6.07, 6.45) is 9.19. The van der Waals surface area contributed by atoms with Gasteiger partial charge in [0.15, 0.2) is 0 Å². The van der Waals surface area contributed by atoms with E-state index in [-0.39, 0.29) is 88.4 Å². The van der Waals surface area contributed by atoms with Gasteiger partial charge in [-0.05, 0) is 346 Å². The molecule has 0 saturated carbocycles. The monoisotopic (exact) mass is 1770 g/mol. The normalized spacial score (nSPS) is 23.4. The van der Waals surface area contributed by atoms with Crippen molar-refractivity contribution in [3.8, 4) is 0 Å². The van der Waals surface area contributed by atoms with Gasteiger partial charge in [-0.2, -0.15) is 35.9 Å². The van der Waals surface area contributed by atoms with Crippen molar-refractivity contribution < 1.29 is 70.1 Å². The summed E-state index contributed by atoms with van der Waals surface area (Å²) in [7, 11) is 0. The van der Waals surface area contributed by atoms with Gasteiger partial charge in [0.05, 0.1) is 23.3 Å². The fraction of sp³-hybridized carbons (Fsp3) is 0.771. The molecule has 30 heteroatoms. The number of carbonyl (C=O) groups is 2. The Morgan fingerprint density at radius 2 is 0.611 bits per heavy atom. The predicted molar refractivity (Wildman–Crippen MR) is 493 cm³/mol. The zero-order valence-electron chi connectivity index (χ0n) is 83.8. The lowest BCUT2D eigenvalue weighted by molar-refractivity contribution is -0.361. The molecule has 30 nitrogen and oxygen atoms in total. The van der Waals surface area contributed by atoms with Gasteiger partial charge in [0, 0.05) is 113 Å². The molecule has 0 radical (unpaired) electrons. The first kappa shape index (κ1) is 111. The van der Waals surface area contributed by atoms with E-state index in [1.807, 2.05) is 151 Å². The summed E-state index contributed by atoms with van der Waals surface area (Å²) >= 11 is 0. The summed E-state index contributed by atoms with van der Waals surface area (Å²) in [6.45, 7) is 74.1. The third-order valence-corrected chi connectivity index (χ3v) is 27.3. The van der Waals surface area contributed by atoms with E-state index in [0.717, 1.165) is 65.7 Å². The van der Waals surface area contributed by atoms with E-state index in [9.17, 15) is 46.0 Å². The lowest BCUT2D eigenvalue weighted by Crippen LogP contribution is -2.64. The zero-order valence-corrected chi connectivity index (χ0v) is 83.8. The molecule has 126 heavy (non-hydrogen) atoms. The second-order valence-electron chi connectivity index (χ2n) is 47.6. The Labute approximate surface area is 755 Å². The van der Waals surface area contributed by atoms with Crippen LogP contribution in [0.3, 0.4) is 0 Å². The maximum Gasteiger partial charge on any atom is 0.315 e. The molecule has 6 aliphatic heterocycles. The number of urea groups is 2. The molecule has 718 valence electrons. The molecule has 0 spiro atoms. The Kier molecular flexibility index (Phi) is 35.4. The SMILES string of the molecule is CC(C)(NC(=O)NC1CC(C)(C)N(O)C(C)(C)C1)c1ccc(C(C)(C)NC2CC(C)(C)N(O)C(C)(C)C2)cc1.CC(C)(NC(=O)NC1CC(C)(C)N(O)C(C)(C)C1)c1cccc(C(C)(C)NC2CC(C)(C)N(O)C(C)(C)C2)c1.CC(C)(NCOOC1CC(C)(C)N(O)C(C)(C)C1)c1cccc(C(C)(C)C(NO)OC2CC(C)(C)N(O)C(C)(C)C2)c1.N=C=O.N=C=O. The Morgan fingerprint density at radius 1 is 0.373 bits per heavy atom. The number of hydrogen-bond acceptors (Lipinski definition) is 26. The molecule has 6 fully saturated rings. The summed E-state index contributed by atoms with van der Waals surface area (Å²) < 4.78 is 6.51. The van der Waals surface area contributed by atoms with Crippen molar-refractivity contribution >= 4 is 24.2 Å². The van der Waals surface area contributed by atoms with Gasteiger partial charge in [0.25, 0.3) is 0 Å². The summed E-state index contributed by atoms with van der Waals surface area (Å²) in [5.41, 5.74) is 1.42. The van der Waals surface area contributed by atoms with Crippen LogP contribution in [0.2, 0.25) is 0 Å². The minimum atomic E-state index is -0.666. The van der Waals surface area contributed by atoms with Crippen molar-refractivity contribution in [3.05, 3.63) is 106 Å². The fourth-order valence-electron chi connectivity index (χ4n) is 21.4. The van der Waals surface area contributed by atoms with Crippen molar-refractivity contribution in [2.75, 3.05) is 6.73 Å². The first-order chi connectivity index (χ1) is 56.8. The minimum Gasteiger partial charge on any atom is -0.357 e. The van der Waals surface area contributed by atoms with E-state index < -0.39 is 72.6 Å². The smallest absolute Gasteiger partial charge is 0.315 e. The van der Waals surface area contributed by atoms with Gasteiger partial charge < -0.3 is 73.1 Å². The highest BCUT2D eigenvalue weighted by Gasteiger charge is 2.53. The van der Waals surface area contributed by atoms with Crippen LogP contribution in [0.25, 0.3) is 0 Å². The molecule has 3 aromatic rings. The van der Waals surface area contributed by atoms with Gasteiger partial charge in [0.2, 0.25) is 12.2 Å². The molecule has 6 heterocycles. The number of benzene rings is 3. The second-order valence-corrected chi connectivity index (χ2v) is 47.6. The van der Waals surface area contributed by atoms with Crippen molar-refractivity contribution in [1.29, 1.82) is 10.8 Å². The lowest BCUT2D eigenvalue weighted by Gasteiger charge is -2.53. The highest BCUT2D eigenvalue weighted by atomic mass is 17.2. The lowest BCUT2D eigenvalue weighted by atomic mass is 9.77. The standard InChI is InChI=1S/C32H58N4O6.2C31H55N5O3.2CHNO/c1-27(2)17-24(18-28(3,4)35(27)38)41-26(34-37)31(9,10)22-14-13-15-23(16-22)32(11,12)33-21-40-42-25-19-29(5,6)36(39)30(7,8)20-25;1-26(2)17-23(18-27(3,4)35(26)38)32-25(37)34-31(11,12)22-15-13-21(14-16-22)30(9,10)33-24-19-28(5,6)36(39)29(7,8)20-24;1-26(2)17-23(18-27(3,4)35(26)38)32-25(37)34-31(11,12)22-15-13-14-21(16-22)30(9,10)33-24-19-28(5,6)36(39)29(7,8)20-24;2*2-1-3/h13-16,24-26,33-34,37-39H,17-21H2,1-12H3;2*13-16,23-24,33,38-39H,17-20H2,1-12H3,(H2,32,34,37);2*2H. The van der Waals surface area contributed by atoms with Crippen LogP contribution in [0.15, 0.2) is 72.8 Å². The fourth-order valence-corrected chi connectivity index (χ4v) is 21.4. The van der Waals surface area contributed by atoms with Gasteiger partial charge in [-0.3, -0.25) is 5.32 Å². The van der Waals surface area contributed by atoms with Crippen LogP contribution in [0.1, 0.15) is 360 Å². The van der Waals surface area contributed by atoms with Crippen molar-refractivity contribution in [3.63, 3.8) is 0 Å². The predicted octanol–water partition coefficient (Wildman–Crippen LogP) is 17.4. The van der Waals surface area contributed by atoms with Crippen LogP contribution in [0.5, 0.6) is 0 Å². The molecule has 9 rings (SSSR count). The summed E-state index contributed by atoms with van der Waals surface area (Å²) in [5.74, 6) is 0. The van der Waals surface area contributed by atoms with E-state index in [1.54, 1.807) is 0 Å². The third kappa shape index (κ3) is 28.1. The molecule has 0 bridgehead atoms. The number of carbonyl (C=O) groups excluding carboxylic acids is 4. The molecule has 6 saturated heterocycles. The molecule has 3 aromatic carbocycles. The number of nitrogens with one attached hydrogen (secondary N) is 10. The highest BCUT2D eigenvalue weighted by molar-refractivity contribution is 5.76. The largest absolute Gasteiger partial charge is 0.357 e. The number of amides is 4. The first-order valence-corrected chi connectivity index (χ1v) is 45.0. The van der Waals surface area contributed by atoms with Crippen molar-refractivity contribution in [1.82, 2.24) is 73.1 Å². The quantitative estimate of drug-likeness (QED) is 0.0105. The zero-order chi connectivity index (χ0) is 97.0. The third-order valence-electron chi connectivity index (χ3n) is 27.3. The van der Waals surface area contributed by atoms with E-state index in [1.165, 1.54) is 35.9 Å². The van der Waals surface area contributed by atoms with Crippen LogP contribution < -0.4 is 42.7 Å². The Morgan fingerprint density at radius 3 is 0.921 bits per heavy atom. The van der Waals surface area contributed by atoms with Crippen LogP contribution in [-0.4, -0.2) is 207 Å². The average molecular weight is 1770 g/mol. The number of ether oxygens (including phenoxy) is 1. The van der Waals surface area contributed by atoms with Gasteiger partial charge in [-0.25, -0.2) is 39.8 Å². The van der Waals surface area contributed by atoms with Gasteiger partial charge in [-0.1, -0.05) is 86.6 Å². The molecular weight excluding hydrogens is 1600 g/mol. The molecule has 0 aromatic heterocycles. The molecule has 4 amide bonds. The van der Waals surface area contributed by atoms with Crippen molar-refractivity contribution in [2.24, 2.45) is 0 Å². The maximum absolute atomic E-state index is 13.2. The van der Waals surface area contributed by atoms with Gasteiger partial charge >= 0.3 is 12.1 Å². The molecule has 17 N–H and O–H groups in total. The number of piperidine rings is 6. The topological polar surface area (TPSA) is 401 Å².